The Hall–Kier alpha value is -1.43. The SMILES string of the molecule is O=C(O)C1(c2c(O)c(Br)cc3c2OCCCO3)CCC1. The molecule has 1 heterocycles. The van der Waals surface area contributed by atoms with Crippen LogP contribution in [-0.2, 0) is 10.2 Å². The average Bonchev–Trinajstić information content (AvgIpc) is 2.57. The third-order valence-corrected chi connectivity index (χ3v) is 4.66. The van der Waals surface area contributed by atoms with Crippen molar-refractivity contribution in [1.82, 2.24) is 0 Å². The number of ether oxygens (including phenoxy) is 2. The number of aliphatic carboxylic acids is 1. The van der Waals surface area contributed by atoms with Crippen molar-refractivity contribution in [3.63, 3.8) is 0 Å². The van der Waals surface area contributed by atoms with E-state index in [-0.39, 0.29) is 5.75 Å². The molecule has 108 valence electrons. The van der Waals surface area contributed by atoms with Gasteiger partial charge < -0.3 is 19.7 Å². The normalized spacial score (nSPS) is 19.9. The molecule has 0 atom stereocenters. The standard InChI is InChI=1S/C14H15BrO5/c15-8-7-9-12(20-6-2-5-19-9)10(11(8)16)14(13(17)18)3-1-4-14/h7,16H,1-6H2,(H,17,18). The Morgan fingerprint density at radius 1 is 1.25 bits per heavy atom. The summed E-state index contributed by atoms with van der Waals surface area (Å²) in [6, 6.07) is 1.63. The van der Waals surface area contributed by atoms with E-state index >= 15 is 0 Å². The fourth-order valence-electron chi connectivity index (χ4n) is 2.81. The van der Waals surface area contributed by atoms with E-state index in [2.05, 4.69) is 15.9 Å². The molecule has 1 saturated carbocycles. The van der Waals surface area contributed by atoms with E-state index in [1.807, 2.05) is 0 Å². The first-order valence-corrected chi connectivity index (χ1v) is 7.40. The summed E-state index contributed by atoms with van der Waals surface area (Å²) in [4.78, 5) is 11.7. The van der Waals surface area contributed by atoms with Crippen LogP contribution in [0.3, 0.4) is 0 Å². The van der Waals surface area contributed by atoms with Gasteiger partial charge in [-0.3, -0.25) is 4.79 Å². The van der Waals surface area contributed by atoms with Gasteiger partial charge in [0.15, 0.2) is 11.5 Å². The minimum Gasteiger partial charge on any atom is -0.506 e. The van der Waals surface area contributed by atoms with Gasteiger partial charge in [0.1, 0.15) is 11.2 Å². The molecule has 0 unspecified atom stereocenters. The van der Waals surface area contributed by atoms with Crippen molar-refractivity contribution < 1.29 is 24.5 Å². The van der Waals surface area contributed by atoms with Crippen LogP contribution in [-0.4, -0.2) is 29.4 Å². The molecule has 1 aliphatic heterocycles. The number of hydrogen-bond acceptors (Lipinski definition) is 4. The van der Waals surface area contributed by atoms with Gasteiger partial charge in [-0.25, -0.2) is 0 Å². The molecular formula is C14H15BrO5. The smallest absolute Gasteiger partial charge is 0.314 e. The molecular weight excluding hydrogens is 328 g/mol. The maximum atomic E-state index is 11.7. The van der Waals surface area contributed by atoms with E-state index < -0.39 is 11.4 Å². The van der Waals surface area contributed by atoms with E-state index in [1.54, 1.807) is 6.07 Å². The molecule has 5 nitrogen and oxygen atoms in total. The molecule has 0 bridgehead atoms. The molecule has 6 heteroatoms. The van der Waals surface area contributed by atoms with Gasteiger partial charge in [0.2, 0.25) is 0 Å². The summed E-state index contributed by atoms with van der Waals surface area (Å²) in [5, 5.41) is 20.0. The molecule has 2 N–H and O–H groups in total. The molecule has 0 saturated heterocycles. The minimum absolute atomic E-state index is 0.0589. The van der Waals surface area contributed by atoms with Crippen LogP contribution >= 0.6 is 15.9 Å². The van der Waals surface area contributed by atoms with E-state index in [9.17, 15) is 15.0 Å². The Morgan fingerprint density at radius 3 is 2.55 bits per heavy atom. The molecule has 1 fully saturated rings. The Labute approximate surface area is 124 Å². The molecule has 20 heavy (non-hydrogen) atoms. The number of hydrogen-bond donors (Lipinski definition) is 2. The highest BCUT2D eigenvalue weighted by molar-refractivity contribution is 9.10. The van der Waals surface area contributed by atoms with Gasteiger partial charge in [-0.05, 0) is 28.8 Å². The first-order valence-electron chi connectivity index (χ1n) is 6.61. The number of benzene rings is 1. The number of rotatable bonds is 2. The summed E-state index contributed by atoms with van der Waals surface area (Å²) in [6.45, 7) is 0.973. The third kappa shape index (κ3) is 1.85. The lowest BCUT2D eigenvalue weighted by molar-refractivity contribution is -0.147. The Morgan fingerprint density at radius 2 is 1.95 bits per heavy atom. The Kier molecular flexibility index (Phi) is 3.28. The van der Waals surface area contributed by atoms with Gasteiger partial charge >= 0.3 is 5.97 Å². The molecule has 3 rings (SSSR count). The molecule has 1 aromatic rings. The van der Waals surface area contributed by atoms with Crippen LogP contribution in [0.4, 0.5) is 0 Å². The van der Waals surface area contributed by atoms with Crippen LogP contribution in [0.15, 0.2) is 10.5 Å². The number of carbonyl (C=O) groups is 1. The van der Waals surface area contributed by atoms with Gasteiger partial charge in [0.05, 0.1) is 23.2 Å². The number of carboxylic acid groups (broad SMARTS) is 1. The summed E-state index contributed by atoms with van der Waals surface area (Å²) < 4.78 is 11.7. The maximum absolute atomic E-state index is 11.7. The summed E-state index contributed by atoms with van der Waals surface area (Å²) in [5.41, 5.74) is -0.714. The van der Waals surface area contributed by atoms with Gasteiger partial charge in [-0.15, -0.1) is 0 Å². The number of fused-ring (bicyclic) bond motifs is 1. The lowest BCUT2D eigenvalue weighted by Crippen LogP contribution is -2.42. The third-order valence-electron chi connectivity index (χ3n) is 4.06. The fourth-order valence-corrected chi connectivity index (χ4v) is 3.22. The summed E-state index contributed by atoms with van der Waals surface area (Å²) >= 11 is 3.27. The topological polar surface area (TPSA) is 76.0 Å². The van der Waals surface area contributed by atoms with Crippen LogP contribution in [0.25, 0.3) is 0 Å². The molecule has 0 radical (unpaired) electrons. The molecule has 0 spiro atoms. The zero-order chi connectivity index (χ0) is 14.3. The number of halogens is 1. The van der Waals surface area contributed by atoms with Crippen LogP contribution in [0.5, 0.6) is 17.2 Å². The van der Waals surface area contributed by atoms with Gasteiger partial charge in [0.25, 0.3) is 0 Å². The van der Waals surface area contributed by atoms with Crippen molar-refractivity contribution >= 4 is 21.9 Å². The fraction of sp³-hybridized carbons (Fsp3) is 0.500. The Bertz CT molecular complexity index is 565. The van der Waals surface area contributed by atoms with Crippen LogP contribution < -0.4 is 9.47 Å². The van der Waals surface area contributed by atoms with Crippen LogP contribution in [0, 0.1) is 0 Å². The second-order valence-corrected chi connectivity index (χ2v) is 6.05. The lowest BCUT2D eigenvalue weighted by atomic mass is 9.64. The molecule has 0 aromatic heterocycles. The van der Waals surface area contributed by atoms with Crippen LogP contribution in [0.2, 0.25) is 0 Å². The van der Waals surface area contributed by atoms with Crippen molar-refractivity contribution in [2.24, 2.45) is 0 Å². The molecule has 1 aliphatic carbocycles. The average molecular weight is 343 g/mol. The Balaban J connectivity index is 2.23. The quantitative estimate of drug-likeness (QED) is 0.864. The van der Waals surface area contributed by atoms with Crippen molar-refractivity contribution in [3.05, 3.63) is 16.1 Å². The molecule has 0 amide bonds. The predicted octanol–water partition coefficient (Wildman–Crippen LogP) is 2.82. The number of phenols is 1. The van der Waals surface area contributed by atoms with Gasteiger partial charge in [-0.1, -0.05) is 6.42 Å². The lowest BCUT2D eigenvalue weighted by Gasteiger charge is -2.39. The number of carboxylic acids is 1. The van der Waals surface area contributed by atoms with Crippen molar-refractivity contribution in [1.29, 1.82) is 0 Å². The first kappa shape index (κ1) is 13.5. The number of phenolic OH excluding ortho intramolecular Hbond substituents is 1. The summed E-state index contributed by atoms with van der Waals surface area (Å²) in [5.74, 6) is -0.108. The zero-order valence-corrected chi connectivity index (χ0v) is 12.4. The summed E-state index contributed by atoms with van der Waals surface area (Å²) in [7, 11) is 0. The van der Waals surface area contributed by atoms with E-state index in [4.69, 9.17) is 9.47 Å². The maximum Gasteiger partial charge on any atom is 0.314 e. The van der Waals surface area contributed by atoms with Crippen molar-refractivity contribution in [3.8, 4) is 17.2 Å². The second-order valence-electron chi connectivity index (χ2n) is 5.20. The van der Waals surface area contributed by atoms with Crippen LogP contribution in [0.1, 0.15) is 31.2 Å². The molecule has 2 aliphatic rings. The van der Waals surface area contributed by atoms with Crippen molar-refractivity contribution in [2.45, 2.75) is 31.1 Å². The zero-order valence-electron chi connectivity index (χ0n) is 10.8. The van der Waals surface area contributed by atoms with Gasteiger partial charge in [0, 0.05) is 12.5 Å². The van der Waals surface area contributed by atoms with E-state index in [0.717, 1.165) is 12.8 Å². The highest BCUT2D eigenvalue weighted by atomic mass is 79.9. The van der Waals surface area contributed by atoms with Crippen molar-refractivity contribution in [2.75, 3.05) is 13.2 Å². The predicted molar refractivity (Wildman–Crippen MR) is 74.6 cm³/mol. The van der Waals surface area contributed by atoms with Gasteiger partial charge in [-0.2, -0.15) is 0 Å². The monoisotopic (exact) mass is 342 g/mol. The molecule has 1 aromatic carbocycles. The number of aromatic hydroxyl groups is 1. The van der Waals surface area contributed by atoms with E-state index in [0.29, 0.717) is 47.6 Å². The highest BCUT2D eigenvalue weighted by Gasteiger charge is 2.50. The highest BCUT2D eigenvalue weighted by Crippen LogP contribution is 2.55. The largest absolute Gasteiger partial charge is 0.506 e. The second kappa shape index (κ2) is 4.84. The van der Waals surface area contributed by atoms with E-state index in [1.165, 1.54) is 0 Å². The summed E-state index contributed by atoms with van der Waals surface area (Å²) in [6.07, 6.45) is 2.56. The first-order chi connectivity index (χ1) is 9.56. The minimum atomic E-state index is -1.06.